The molecule has 2 amide bonds. The predicted molar refractivity (Wildman–Crippen MR) is 59.5 cm³/mol. The Bertz CT molecular complexity index is 372. The largest absolute Gasteiger partial charge is 0.467 e. The van der Waals surface area contributed by atoms with Gasteiger partial charge in [0.15, 0.2) is 0 Å². The lowest BCUT2D eigenvalue weighted by molar-refractivity contribution is -0.149. The molecule has 1 rings (SSSR count). The van der Waals surface area contributed by atoms with Gasteiger partial charge in [0, 0.05) is 6.42 Å². The van der Waals surface area contributed by atoms with Gasteiger partial charge >= 0.3 is 12.1 Å². The summed E-state index contributed by atoms with van der Waals surface area (Å²) >= 11 is 0. The molecular formula is C11H17NO6. The van der Waals surface area contributed by atoms with E-state index in [0.717, 1.165) is 7.11 Å². The van der Waals surface area contributed by atoms with Crippen LogP contribution in [0.4, 0.5) is 4.79 Å². The second-order valence-corrected chi connectivity index (χ2v) is 4.98. The maximum atomic E-state index is 11.8. The van der Waals surface area contributed by atoms with E-state index in [-0.39, 0.29) is 6.42 Å². The number of imide groups is 1. The van der Waals surface area contributed by atoms with Crippen molar-refractivity contribution in [1.29, 1.82) is 0 Å². The molecule has 0 aliphatic carbocycles. The van der Waals surface area contributed by atoms with Crippen molar-refractivity contribution in [2.45, 2.75) is 44.9 Å². The van der Waals surface area contributed by atoms with Crippen LogP contribution in [0.3, 0.4) is 0 Å². The third-order valence-corrected chi connectivity index (χ3v) is 2.34. The molecule has 0 aromatic heterocycles. The summed E-state index contributed by atoms with van der Waals surface area (Å²) in [5, 5.41) is 9.42. The number of amides is 2. The van der Waals surface area contributed by atoms with Crippen molar-refractivity contribution in [3.05, 3.63) is 0 Å². The number of esters is 1. The third kappa shape index (κ3) is 2.98. The number of methoxy groups -OCH3 is 1. The van der Waals surface area contributed by atoms with Crippen LogP contribution in [0.25, 0.3) is 0 Å². The molecule has 0 aromatic carbocycles. The van der Waals surface area contributed by atoms with E-state index in [1.54, 1.807) is 20.8 Å². The molecule has 1 aliphatic rings. The van der Waals surface area contributed by atoms with Gasteiger partial charge in [0.2, 0.25) is 0 Å². The summed E-state index contributed by atoms with van der Waals surface area (Å²) in [4.78, 5) is 35.5. The van der Waals surface area contributed by atoms with E-state index in [1.807, 2.05) is 0 Å². The highest BCUT2D eigenvalue weighted by molar-refractivity contribution is 6.01. The van der Waals surface area contributed by atoms with Crippen LogP contribution in [0.15, 0.2) is 0 Å². The number of nitrogens with zero attached hydrogens (tertiary/aromatic N) is 1. The number of likely N-dealkylation sites (tertiary alicyclic amines) is 1. The fourth-order valence-electron chi connectivity index (χ4n) is 1.60. The Hall–Kier alpha value is -1.63. The summed E-state index contributed by atoms with van der Waals surface area (Å²) in [6.07, 6.45) is -2.52. The van der Waals surface area contributed by atoms with E-state index < -0.39 is 35.7 Å². The fraction of sp³-hybridized carbons (Fsp3) is 0.727. The Morgan fingerprint density at radius 3 is 2.39 bits per heavy atom. The molecule has 1 N–H and O–H groups in total. The van der Waals surface area contributed by atoms with E-state index in [0.29, 0.717) is 4.90 Å². The average Bonchev–Trinajstić information content (AvgIpc) is 2.52. The SMILES string of the molecule is COC(=O)[C@H]1C[C@@H](O)C(=O)N1C(=O)OC(C)(C)C. The Kier molecular flexibility index (Phi) is 3.95. The van der Waals surface area contributed by atoms with E-state index in [2.05, 4.69) is 4.74 Å². The second kappa shape index (κ2) is 4.93. The molecule has 1 heterocycles. The topological polar surface area (TPSA) is 93.1 Å². The van der Waals surface area contributed by atoms with Gasteiger partial charge in [-0.05, 0) is 20.8 Å². The number of hydrogen-bond acceptors (Lipinski definition) is 6. The summed E-state index contributed by atoms with van der Waals surface area (Å²) in [5.74, 6) is -1.61. The monoisotopic (exact) mass is 259 g/mol. The molecule has 0 spiro atoms. The number of ether oxygens (including phenoxy) is 2. The Labute approximate surface area is 105 Å². The van der Waals surface area contributed by atoms with Gasteiger partial charge < -0.3 is 14.6 Å². The minimum Gasteiger partial charge on any atom is -0.467 e. The minimum absolute atomic E-state index is 0.176. The highest BCUT2D eigenvalue weighted by Crippen LogP contribution is 2.23. The lowest BCUT2D eigenvalue weighted by Crippen LogP contribution is -2.46. The normalized spacial score (nSPS) is 24.1. The lowest BCUT2D eigenvalue weighted by Gasteiger charge is -2.25. The van der Waals surface area contributed by atoms with Crippen molar-refractivity contribution in [2.24, 2.45) is 0 Å². The first-order valence-electron chi connectivity index (χ1n) is 5.49. The standard InChI is InChI=1S/C11H17NO6/c1-11(2,3)18-10(16)12-6(9(15)17-4)5-7(13)8(12)14/h6-7,13H,5H2,1-4H3/t6-,7-/m1/s1. The quantitative estimate of drug-likeness (QED) is 0.669. The Morgan fingerprint density at radius 1 is 1.39 bits per heavy atom. The van der Waals surface area contributed by atoms with Crippen LogP contribution >= 0.6 is 0 Å². The van der Waals surface area contributed by atoms with Gasteiger partial charge in [0.1, 0.15) is 17.7 Å². The molecule has 1 fully saturated rings. The molecule has 2 atom stereocenters. The summed E-state index contributed by atoms with van der Waals surface area (Å²) in [6.45, 7) is 4.90. The first-order valence-corrected chi connectivity index (χ1v) is 5.49. The summed E-state index contributed by atoms with van der Waals surface area (Å²) in [6, 6.07) is -1.13. The smallest absolute Gasteiger partial charge is 0.417 e. The maximum Gasteiger partial charge on any atom is 0.417 e. The highest BCUT2D eigenvalue weighted by Gasteiger charge is 2.48. The molecule has 0 radical (unpaired) electrons. The Morgan fingerprint density at radius 2 is 1.94 bits per heavy atom. The van der Waals surface area contributed by atoms with Crippen LogP contribution < -0.4 is 0 Å². The van der Waals surface area contributed by atoms with Crippen LogP contribution in [0, 0.1) is 0 Å². The molecular weight excluding hydrogens is 242 g/mol. The minimum atomic E-state index is -1.39. The van der Waals surface area contributed by atoms with Gasteiger partial charge in [-0.15, -0.1) is 0 Å². The van der Waals surface area contributed by atoms with Gasteiger partial charge in [-0.2, -0.15) is 0 Å². The van der Waals surface area contributed by atoms with Crippen LogP contribution in [0.5, 0.6) is 0 Å². The van der Waals surface area contributed by atoms with Crippen molar-refractivity contribution in [3.63, 3.8) is 0 Å². The van der Waals surface area contributed by atoms with Crippen LogP contribution in [0.1, 0.15) is 27.2 Å². The van der Waals surface area contributed by atoms with Gasteiger partial charge in [-0.3, -0.25) is 4.79 Å². The van der Waals surface area contributed by atoms with Gasteiger partial charge in [0.05, 0.1) is 7.11 Å². The molecule has 0 unspecified atom stereocenters. The number of aliphatic hydroxyl groups is 1. The number of carbonyl (C=O) groups excluding carboxylic acids is 3. The molecule has 1 aliphatic heterocycles. The average molecular weight is 259 g/mol. The van der Waals surface area contributed by atoms with Crippen LogP contribution in [-0.4, -0.2) is 52.8 Å². The van der Waals surface area contributed by atoms with Gasteiger partial charge in [0.25, 0.3) is 5.91 Å². The van der Waals surface area contributed by atoms with Gasteiger partial charge in [-0.1, -0.05) is 0 Å². The van der Waals surface area contributed by atoms with Crippen LogP contribution in [0.2, 0.25) is 0 Å². The number of hydrogen-bond donors (Lipinski definition) is 1. The van der Waals surface area contributed by atoms with E-state index in [1.165, 1.54) is 0 Å². The molecule has 7 nitrogen and oxygen atoms in total. The van der Waals surface area contributed by atoms with Crippen molar-refractivity contribution in [3.8, 4) is 0 Å². The first-order chi connectivity index (χ1) is 8.17. The van der Waals surface area contributed by atoms with E-state index >= 15 is 0 Å². The van der Waals surface area contributed by atoms with E-state index in [9.17, 15) is 19.5 Å². The second-order valence-electron chi connectivity index (χ2n) is 4.98. The van der Waals surface area contributed by atoms with Crippen molar-refractivity contribution >= 4 is 18.0 Å². The molecule has 18 heavy (non-hydrogen) atoms. The van der Waals surface area contributed by atoms with E-state index in [4.69, 9.17) is 4.74 Å². The molecule has 0 saturated carbocycles. The third-order valence-electron chi connectivity index (χ3n) is 2.34. The molecule has 7 heteroatoms. The zero-order valence-corrected chi connectivity index (χ0v) is 10.8. The molecule has 1 saturated heterocycles. The maximum absolute atomic E-state index is 11.8. The highest BCUT2D eigenvalue weighted by atomic mass is 16.6. The number of rotatable bonds is 1. The molecule has 102 valence electrons. The predicted octanol–water partition coefficient (Wildman–Crippen LogP) is 0.0563. The zero-order valence-electron chi connectivity index (χ0n) is 10.8. The summed E-state index contributed by atoms with van der Waals surface area (Å²) in [7, 11) is 1.14. The number of carbonyl (C=O) groups is 3. The molecule has 0 bridgehead atoms. The van der Waals surface area contributed by atoms with Crippen LogP contribution in [-0.2, 0) is 19.1 Å². The van der Waals surface area contributed by atoms with Gasteiger partial charge in [-0.25, -0.2) is 14.5 Å². The summed E-state index contributed by atoms with van der Waals surface area (Å²) < 4.78 is 9.50. The molecule has 0 aromatic rings. The fourth-order valence-corrected chi connectivity index (χ4v) is 1.60. The Balaban J connectivity index is 2.91. The van der Waals surface area contributed by atoms with Crippen molar-refractivity contribution in [1.82, 2.24) is 4.90 Å². The number of aliphatic hydroxyl groups excluding tert-OH is 1. The van der Waals surface area contributed by atoms with Crippen molar-refractivity contribution in [2.75, 3.05) is 7.11 Å². The van der Waals surface area contributed by atoms with Crippen molar-refractivity contribution < 1.29 is 29.0 Å². The first kappa shape index (κ1) is 14.4. The summed E-state index contributed by atoms with van der Waals surface area (Å²) in [5.41, 5.74) is -0.800. The zero-order chi connectivity index (χ0) is 14.1. The lowest BCUT2D eigenvalue weighted by atomic mass is 10.2.